The van der Waals surface area contributed by atoms with Gasteiger partial charge >= 0.3 is 5.69 Å². The molecular formula is C23H34N4O4. The molecule has 0 saturated carbocycles. The lowest BCUT2D eigenvalue weighted by molar-refractivity contribution is -0.124. The fraction of sp³-hybridized carbons (Fsp3) is 0.565. The molecule has 170 valence electrons. The molecule has 0 aliphatic heterocycles. The Labute approximate surface area is 183 Å². The van der Waals surface area contributed by atoms with Crippen molar-refractivity contribution in [2.45, 2.75) is 63.8 Å². The molecule has 0 bridgehead atoms. The van der Waals surface area contributed by atoms with Crippen LogP contribution in [0.1, 0.15) is 63.0 Å². The smallest absolute Gasteiger partial charge is 0.329 e. The van der Waals surface area contributed by atoms with Crippen LogP contribution < -0.4 is 16.3 Å². The first-order valence-corrected chi connectivity index (χ1v) is 11.1. The number of nitrogens with zero attached hydrogens (tertiary/aromatic N) is 2. The molecule has 0 aliphatic carbocycles. The summed E-state index contributed by atoms with van der Waals surface area (Å²) in [5.41, 5.74) is 2.42. The quantitative estimate of drug-likeness (QED) is 0.334. The first-order chi connectivity index (χ1) is 15.0. The van der Waals surface area contributed by atoms with E-state index in [0.29, 0.717) is 5.52 Å². The third-order valence-corrected chi connectivity index (χ3v) is 5.69. The van der Waals surface area contributed by atoms with Crippen molar-refractivity contribution in [2.24, 2.45) is 7.05 Å². The normalized spacial score (nSPS) is 11.9. The summed E-state index contributed by atoms with van der Waals surface area (Å²) < 4.78 is 3.07. The SMILES string of the molecule is CNC(=O)C(CCC=O)n1c(=O)n(C)c2cc(CCCCCCCCNC=O)ccc21. The molecule has 0 fully saturated rings. The van der Waals surface area contributed by atoms with Crippen molar-refractivity contribution in [1.82, 2.24) is 19.8 Å². The zero-order valence-electron chi connectivity index (χ0n) is 18.6. The van der Waals surface area contributed by atoms with Gasteiger partial charge in [0, 0.05) is 27.1 Å². The van der Waals surface area contributed by atoms with E-state index in [2.05, 4.69) is 10.6 Å². The van der Waals surface area contributed by atoms with Crippen LogP contribution >= 0.6 is 0 Å². The predicted molar refractivity (Wildman–Crippen MR) is 121 cm³/mol. The highest BCUT2D eigenvalue weighted by molar-refractivity contribution is 5.84. The van der Waals surface area contributed by atoms with Crippen molar-refractivity contribution in [3.05, 3.63) is 34.2 Å². The third kappa shape index (κ3) is 6.54. The van der Waals surface area contributed by atoms with Crippen LogP contribution in [0.2, 0.25) is 0 Å². The number of aryl methyl sites for hydroxylation is 2. The highest BCUT2D eigenvalue weighted by atomic mass is 16.2. The average molecular weight is 431 g/mol. The van der Waals surface area contributed by atoms with Gasteiger partial charge in [0.05, 0.1) is 11.0 Å². The fourth-order valence-electron chi connectivity index (χ4n) is 3.96. The van der Waals surface area contributed by atoms with Gasteiger partial charge in [-0.15, -0.1) is 0 Å². The molecule has 31 heavy (non-hydrogen) atoms. The Kier molecular flexibility index (Phi) is 10.00. The minimum Gasteiger partial charge on any atom is -0.359 e. The molecule has 2 amide bonds. The maximum Gasteiger partial charge on any atom is 0.329 e. The number of unbranched alkanes of at least 4 members (excludes halogenated alkanes) is 5. The minimum absolute atomic E-state index is 0.215. The zero-order chi connectivity index (χ0) is 22.6. The van der Waals surface area contributed by atoms with Crippen LogP contribution in [-0.2, 0) is 27.9 Å². The largest absolute Gasteiger partial charge is 0.359 e. The van der Waals surface area contributed by atoms with Crippen molar-refractivity contribution in [1.29, 1.82) is 0 Å². The van der Waals surface area contributed by atoms with Crippen LogP contribution in [0.4, 0.5) is 0 Å². The van der Waals surface area contributed by atoms with E-state index in [1.807, 2.05) is 18.2 Å². The van der Waals surface area contributed by atoms with Gasteiger partial charge in [-0.25, -0.2) is 4.79 Å². The first-order valence-electron chi connectivity index (χ1n) is 11.1. The highest BCUT2D eigenvalue weighted by Gasteiger charge is 2.24. The topological polar surface area (TPSA) is 102 Å². The summed E-state index contributed by atoms with van der Waals surface area (Å²) in [5, 5.41) is 5.28. The summed E-state index contributed by atoms with van der Waals surface area (Å²) in [4.78, 5) is 46.3. The predicted octanol–water partition coefficient (Wildman–Crippen LogP) is 2.24. The Balaban J connectivity index is 2.04. The van der Waals surface area contributed by atoms with Gasteiger partial charge in [0.15, 0.2) is 0 Å². The number of rotatable bonds is 15. The molecule has 1 heterocycles. The number of likely N-dealkylation sites (N-methyl/N-ethyl adjacent to an activating group) is 1. The molecule has 0 spiro atoms. The number of aldehydes is 1. The maximum atomic E-state index is 12.9. The van der Waals surface area contributed by atoms with Gasteiger partial charge in [-0.1, -0.05) is 31.7 Å². The number of nitrogens with one attached hydrogen (secondary N) is 2. The van der Waals surface area contributed by atoms with Crippen molar-refractivity contribution in [3.63, 3.8) is 0 Å². The molecule has 1 aromatic heterocycles. The molecule has 1 unspecified atom stereocenters. The Hall–Kier alpha value is -2.90. The number of aromatic nitrogens is 2. The fourth-order valence-corrected chi connectivity index (χ4v) is 3.96. The molecule has 1 aromatic carbocycles. The molecule has 0 aliphatic rings. The van der Waals surface area contributed by atoms with E-state index in [0.717, 1.165) is 56.9 Å². The molecule has 2 rings (SSSR count). The van der Waals surface area contributed by atoms with Gasteiger partial charge in [-0.3, -0.25) is 18.7 Å². The number of carbonyl (C=O) groups excluding carboxylic acids is 3. The van der Waals surface area contributed by atoms with Gasteiger partial charge in [0.2, 0.25) is 12.3 Å². The van der Waals surface area contributed by atoms with E-state index < -0.39 is 6.04 Å². The molecule has 8 heteroatoms. The van der Waals surface area contributed by atoms with Crippen molar-refractivity contribution in [3.8, 4) is 0 Å². The summed E-state index contributed by atoms with van der Waals surface area (Å²) >= 11 is 0. The van der Waals surface area contributed by atoms with Crippen LogP contribution in [0.3, 0.4) is 0 Å². The number of benzene rings is 1. The summed E-state index contributed by atoms with van der Waals surface area (Å²) in [7, 11) is 3.25. The van der Waals surface area contributed by atoms with Crippen LogP contribution in [0, 0.1) is 0 Å². The second kappa shape index (κ2) is 12.7. The van der Waals surface area contributed by atoms with E-state index in [-0.39, 0.29) is 24.4 Å². The maximum absolute atomic E-state index is 12.9. The van der Waals surface area contributed by atoms with Crippen molar-refractivity contribution < 1.29 is 14.4 Å². The molecule has 0 radical (unpaired) electrons. The Morgan fingerprint density at radius 2 is 1.77 bits per heavy atom. The van der Waals surface area contributed by atoms with Crippen LogP contribution in [0.25, 0.3) is 11.0 Å². The lowest BCUT2D eigenvalue weighted by atomic mass is 10.0. The number of amides is 2. The van der Waals surface area contributed by atoms with Crippen LogP contribution in [0.5, 0.6) is 0 Å². The second-order valence-corrected chi connectivity index (χ2v) is 7.85. The van der Waals surface area contributed by atoms with Gasteiger partial charge < -0.3 is 15.4 Å². The van der Waals surface area contributed by atoms with E-state index in [1.54, 1.807) is 11.6 Å². The van der Waals surface area contributed by atoms with Crippen molar-refractivity contribution >= 4 is 29.6 Å². The highest BCUT2D eigenvalue weighted by Crippen LogP contribution is 2.22. The first kappa shape index (κ1) is 24.4. The summed E-state index contributed by atoms with van der Waals surface area (Å²) in [6.45, 7) is 0.748. The lowest BCUT2D eigenvalue weighted by Gasteiger charge is -2.16. The standard InChI is InChI=1S/C23H34N4O4/c1-24-22(30)20(11-9-15-28)27-19-13-12-18(16-21(19)26(2)23(27)31)10-7-5-3-4-6-8-14-25-17-29/h12-13,15-17,20H,3-11,14H2,1-2H3,(H,24,30)(H,25,29). The molecule has 2 aromatic rings. The molecule has 1 atom stereocenters. The van der Waals surface area contributed by atoms with E-state index in [9.17, 15) is 19.2 Å². The van der Waals surface area contributed by atoms with E-state index >= 15 is 0 Å². The molecule has 0 saturated heterocycles. The molecule has 2 N–H and O–H groups in total. The van der Waals surface area contributed by atoms with E-state index in [4.69, 9.17) is 0 Å². The van der Waals surface area contributed by atoms with Crippen molar-refractivity contribution in [2.75, 3.05) is 13.6 Å². The van der Waals surface area contributed by atoms with Crippen LogP contribution in [0.15, 0.2) is 23.0 Å². The lowest BCUT2D eigenvalue weighted by Crippen LogP contribution is -2.36. The number of hydrogen-bond donors (Lipinski definition) is 2. The van der Waals surface area contributed by atoms with Gasteiger partial charge in [0.25, 0.3) is 0 Å². The van der Waals surface area contributed by atoms with Gasteiger partial charge in [-0.2, -0.15) is 0 Å². The average Bonchev–Trinajstić information content (AvgIpc) is 3.02. The van der Waals surface area contributed by atoms with Gasteiger partial charge in [0.1, 0.15) is 12.3 Å². The Morgan fingerprint density at radius 3 is 2.45 bits per heavy atom. The second-order valence-electron chi connectivity index (χ2n) is 7.85. The van der Waals surface area contributed by atoms with Crippen LogP contribution in [-0.4, -0.2) is 41.3 Å². The van der Waals surface area contributed by atoms with E-state index in [1.165, 1.54) is 30.0 Å². The monoisotopic (exact) mass is 430 g/mol. The zero-order valence-corrected chi connectivity index (χ0v) is 18.6. The summed E-state index contributed by atoms with van der Waals surface area (Å²) in [6, 6.07) is 5.24. The number of hydrogen-bond acceptors (Lipinski definition) is 4. The summed E-state index contributed by atoms with van der Waals surface area (Å²) in [5.74, 6) is -0.275. The number of carbonyl (C=O) groups is 3. The number of fused-ring (bicyclic) bond motifs is 1. The summed E-state index contributed by atoms with van der Waals surface area (Å²) in [6.07, 6.45) is 9.64. The third-order valence-electron chi connectivity index (χ3n) is 5.69. The molecule has 8 nitrogen and oxygen atoms in total. The Morgan fingerprint density at radius 1 is 1.06 bits per heavy atom. The molecular weight excluding hydrogens is 396 g/mol. The minimum atomic E-state index is -0.709. The number of imidazole rings is 1. The van der Waals surface area contributed by atoms with Gasteiger partial charge in [-0.05, 0) is 43.4 Å². The Bertz CT molecular complexity index is 932.